The highest BCUT2D eigenvalue weighted by molar-refractivity contribution is 5.11. The average molecular weight is 166 g/mol. The predicted octanol–water partition coefficient (Wildman–Crippen LogP) is 0.332. The number of hydrogen-bond acceptors (Lipinski definition) is 3. The molecule has 0 aliphatic rings. The van der Waals surface area contributed by atoms with Crippen molar-refractivity contribution in [3.63, 3.8) is 0 Å². The lowest BCUT2D eigenvalue weighted by molar-refractivity contribution is 0.163. The normalized spacial score (nSPS) is 15.6. The Hall–Kier alpha value is -0.930. The number of hydrogen-bond donors (Lipinski definition) is 2. The maximum absolute atomic E-state index is 9.14. The molecule has 3 nitrogen and oxygen atoms in total. The van der Waals surface area contributed by atoms with E-state index in [4.69, 9.17) is 10.8 Å². The zero-order valence-corrected chi connectivity index (χ0v) is 7.14. The first-order chi connectivity index (χ1) is 5.70. The second-order valence-corrected chi connectivity index (χ2v) is 2.96. The fourth-order valence-electron chi connectivity index (χ4n) is 0.962. The maximum Gasteiger partial charge on any atom is 0.0666 e. The summed E-state index contributed by atoms with van der Waals surface area (Å²) in [7, 11) is 0. The summed E-state index contributed by atoms with van der Waals surface area (Å²) in [5.41, 5.74) is 6.79. The van der Waals surface area contributed by atoms with Gasteiger partial charge in [-0.15, -0.1) is 0 Å². The van der Waals surface area contributed by atoms with Gasteiger partial charge in [-0.1, -0.05) is 0 Å². The molecule has 3 N–H and O–H groups in total. The van der Waals surface area contributed by atoms with E-state index in [0.29, 0.717) is 6.42 Å². The van der Waals surface area contributed by atoms with Gasteiger partial charge in [0, 0.05) is 18.4 Å². The van der Waals surface area contributed by atoms with Gasteiger partial charge in [0.15, 0.2) is 0 Å². The maximum atomic E-state index is 9.14. The zero-order valence-electron chi connectivity index (χ0n) is 7.14. The predicted molar refractivity (Wildman–Crippen MR) is 47.6 cm³/mol. The first kappa shape index (κ1) is 9.16. The van der Waals surface area contributed by atoms with Crippen LogP contribution >= 0.6 is 0 Å². The number of pyridine rings is 1. The lowest BCUT2D eigenvalue weighted by Crippen LogP contribution is -2.34. The molecule has 0 unspecified atom stereocenters. The summed E-state index contributed by atoms with van der Waals surface area (Å²) in [5, 5.41) is 9.14. The van der Waals surface area contributed by atoms with Crippen molar-refractivity contribution in [2.45, 2.75) is 25.5 Å². The topological polar surface area (TPSA) is 59.1 Å². The molecule has 2 atom stereocenters. The Morgan fingerprint density at radius 2 is 2.08 bits per heavy atom. The van der Waals surface area contributed by atoms with Crippen molar-refractivity contribution < 1.29 is 5.11 Å². The SMILES string of the molecule is C[C@@H](O)[C@H](N)Cc1ccncc1. The van der Waals surface area contributed by atoms with Gasteiger partial charge in [0.2, 0.25) is 0 Å². The number of rotatable bonds is 3. The van der Waals surface area contributed by atoms with Crippen LogP contribution in [0.25, 0.3) is 0 Å². The van der Waals surface area contributed by atoms with Crippen LogP contribution in [-0.4, -0.2) is 22.2 Å². The van der Waals surface area contributed by atoms with Gasteiger partial charge < -0.3 is 10.8 Å². The van der Waals surface area contributed by atoms with Crippen LogP contribution in [0, 0.1) is 0 Å². The molecule has 0 aromatic carbocycles. The van der Waals surface area contributed by atoms with Crippen molar-refractivity contribution in [3.8, 4) is 0 Å². The molecule has 1 aromatic rings. The van der Waals surface area contributed by atoms with Crippen LogP contribution in [0.2, 0.25) is 0 Å². The van der Waals surface area contributed by atoms with Gasteiger partial charge in [0.25, 0.3) is 0 Å². The number of aliphatic hydroxyl groups is 1. The minimum absolute atomic E-state index is 0.188. The van der Waals surface area contributed by atoms with Gasteiger partial charge in [-0.25, -0.2) is 0 Å². The molecular weight excluding hydrogens is 152 g/mol. The van der Waals surface area contributed by atoms with Gasteiger partial charge >= 0.3 is 0 Å². The highest BCUT2D eigenvalue weighted by Crippen LogP contribution is 2.02. The third kappa shape index (κ3) is 2.60. The minimum Gasteiger partial charge on any atom is -0.392 e. The number of nitrogens with two attached hydrogens (primary N) is 1. The van der Waals surface area contributed by atoms with Crippen LogP contribution in [0.15, 0.2) is 24.5 Å². The average Bonchev–Trinajstić information content (AvgIpc) is 2.06. The minimum atomic E-state index is -0.460. The molecule has 0 fully saturated rings. The molecule has 0 bridgehead atoms. The van der Waals surface area contributed by atoms with E-state index < -0.39 is 6.10 Å². The molecule has 0 saturated carbocycles. The summed E-state index contributed by atoms with van der Waals surface area (Å²) in [6.07, 6.45) is 3.69. The molecule has 0 amide bonds. The van der Waals surface area contributed by atoms with E-state index >= 15 is 0 Å². The second kappa shape index (κ2) is 4.18. The molecule has 1 heterocycles. The number of aromatic nitrogens is 1. The largest absolute Gasteiger partial charge is 0.392 e. The zero-order chi connectivity index (χ0) is 8.97. The Balaban J connectivity index is 2.53. The van der Waals surface area contributed by atoms with Crippen molar-refractivity contribution in [1.29, 1.82) is 0 Å². The summed E-state index contributed by atoms with van der Waals surface area (Å²) in [4.78, 5) is 3.89. The lowest BCUT2D eigenvalue weighted by atomic mass is 10.0. The summed E-state index contributed by atoms with van der Waals surface area (Å²) in [6.45, 7) is 1.70. The molecule has 3 heteroatoms. The fraction of sp³-hybridized carbons (Fsp3) is 0.444. The Morgan fingerprint density at radius 1 is 1.50 bits per heavy atom. The van der Waals surface area contributed by atoms with Crippen LogP contribution in [0.4, 0.5) is 0 Å². The van der Waals surface area contributed by atoms with Gasteiger partial charge in [0.05, 0.1) is 6.10 Å². The monoisotopic (exact) mass is 166 g/mol. The van der Waals surface area contributed by atoms with E-state index in [9.17, 15) is 0 Å². The molecule has 0 saturated heterocycles. The van der Waals surface area contributed by atoms with E-state index in [2.05, 4.69) is 4.98 Å². The third-order valence-electron chi connectivity index (χ3n) is 1.84. The first-order valence-corrected chi connectivity index (χ1v) is 4.02. The van der Waals surface area contributed by atoms with Gasteiger partial charge in [-0.3, -0.25) is 4.98 Å². The highest BCUT2D eigenvalue weighted by Gasteiger charge is 2.08. The molecule has 0 spiro atoms. The molecule has 0 radical (unpaired) electrons. The Kier molecular flexibility index (Phi) is 3.19. The van der Waals surface area contributed by atoms with Gasteiger partial charge in [0.1, 0.15) is 0 Å². The Bertz CT molecular complexity index is 223. The fourth-order valence-corrected chi connectivity index (χ4v) is 0.962. The van der Waals surface area contributed by atoms with E-state index in [1.54, 1.807) is 19.3 Å². The molecule has 0 aliphatic heterocycles. The summed E-state index contributed by atoms with van der Waals surface area (Å²) in [6, 6.07) is 3.62. The summed E-state index contributed by atoms with van der Waals surface area (Å²) >= 11 is 0. The van der Waals surface area contributed by atoms with Crippen LogP contribution < -0.4 is 5.73 Å². The van der Waals surface area contributed by atoms with Crippen LogP contribution in [-0.2, 0) is 6.42 Å². The van der Waals surface area contributed by atoms with Gasteiger partial charge in [-0.05, 0) is 31.0 Å². The first-order valence-electron chi connectivity index (χ1n) is 4.02. The van der Waals surface area contributed by atoms with E-state index in [1.807, 2.05) is 12.1 Å². The van der Waals surface area contributed by atoms with Crippen molar-refractivity contribution in [2.24, 2.45) is 5.73 Å². The molecule has 1 aromatic heterocycles. The lowest BCUT2D eigenvalue weighted by Gasteiger charge is -2.13. The quantitative estimate of drug-likeness (QED) is 0.680. The van der Waals surface area contributed by atoms with Crippen LogP contribution in [0.3, 0.4) is 0 Å². The van der Waals surface area contributed by atoms with Crippen molar-refractivity contribution in [2.75, 3.05) is 0 Å². The van der Waals surface area contributed by atoms with Gasteiger partial charge in [-0.2, -0.15) is 0 Å². The van der Waals surface area contributed by atoms with Crippen molar-refractivity contribution >= 4 is 0 Å². The smallest absolute Gasteiger partial charge is 0.0666 e. The summed E-state index contributed by atoms with van der Waals surface area (Å²) in [5.74, 6) is 0. The van der Waals surface area contributed by atoms with E-state index in [-0.39, 0.29) is 6.04 Å². The van der Waals surface area contributed by atoms with E-state index in [1.165, 1.54) is 0 Å². The van der Waals surface area contributed by atoms with Crippen LogP contribution in [0.5, 0.6) is 0 Å². The van der Waals surface area contributed by atoms with Crippen molar-refractivity contribution in [3.05, 3.63) is 30.1 Å². The molecular formula is C9H14N2O. The van der Waals surface area contributed by atoms with Crippen LogP contribution in [0.1, 0.15) is 12.5 Å². The molecule has 0 aliphatic carbocycles. The Labute approximate surface area is 72.2 Å². The Morgan fingerprint density at radius 3 is 2.58 bits per heavy atom. The molecule has 12 heavy (non-hydrogen) atoms. The molecule has 66 valence electrons. The van der Waals surface area contributed by atoms with Crippen molar-refractivity contribution in [1.82, 2.24) is 4.98 Å². The highest BCUT2D eigenvalue weighted by atomic mass is 16.3. The third-order valence-corrected chi connectivity index (χ3v) is 1.84. The summed E-state index contributed by atoms with van der Waals surface area (Å²) < 4.78 is 0. The number of nitrogens with zero attached hydrogens (tertiary/aromatic N) is 1. The number of aliphatic hydroxyl groups excluding tert-OH is 1. The molecule has 1 rings (SSSR count). The second-order valence-electron chi connectivity index (χ2n) is 2.96. The standard InChI is InChI=1S/C9H14N2O/c1-7(12)9(10)6-8-2-4-11-5-3-8/h2-5,7,9,12H,6,10H2,1H3/t7-,9-/m1/s1. The van der Waals surface area contributed by atoms with E-state index in [0.717, 1.165) is 5.56 Å².